The van der Waals surface area contributed by atoms with E-state index in [2.05, 4.69) is 5.32 Å². The Morgan fingerprint density at radius 3 is 2.27 bits per heavy atom. The molecule has 0 radical (unpaired) electrons. The van der Waals surface area contributed by atoms with Crippen molar-refractivity contribution in [2.24, 2.45) is 0 Å². The molecule has 0 heterocycles. The topological polar surface area (TPSA) is 86.8 Å². The van der Waals surface area contributed by atoms with Crippen LogP contribution in [0.3, 0.4) is 0 Å². The fraction of sp³-hybridized carbons (Fsp3) is 0.500. The average Bonchev–Trinajstić information content (AvgIpc) is 2.77. The molecule has 0 aliphatic carbocycles. The number of aryl methyl sites for hydroxylation is 2. The van der Waals surface area contributed by atoms with Gasteiger partial charge in [-0.05, 0) is 76.3 Å². The van der Waals surface area contributed by atoms with Crippen molar-refractivity contribution < 1.29 is 18.0 Å². The highest BCUT2D eigenvalue weighted by Crippen LogP contribution is 2.27. The summed E-state index contributed by atoms with van der Waals surface area (Å²) in [6, 6.07) is 12.2. The molecule has 0 saturated heterocycles. The Kier molecular flexibility index (Phi) is 10.6. The summed E-state index contributed by atoms with van der Waals surface area (Å²) in [5.41, 5.74) is 2.82. The van der Waals surface area contributed by atoms with Gasteiger partial charge in [0.05, 0.1) is 11.9 Å². The first-order valence-electron chi connectivity index (χ1n) is 12.5. The minimum absolute atomic E-state index is 0.0941. The monoisotopic (exact) mass is 549 g/mol. The van der Waals surface area contributed by atoms with Crippen LogP contribution < -0.4 is 9.62 Å². The molecule has 0 aliphatic rings. The van der Waals surface area contributed by atoms with Gasteiger partial charge in [-0.2, -0.15) is 0 Å². The van der Waals surface area contributed by atoms with E-state index in [0.717, 1.165) is 22.9 Å². The number of nitrogens with zero attached hydrogens (tertiary/aromatic N) is 2. The highest BCUT2D eigenvalue weighted by Gasteiger charge is 2.31. The zero-order chi connectivity index (χ0) is 28.0. The Morgan fingerprint density at radius 1 is 1.05 bits per heavy atom. The van der Waals surface area contributed by atoms with Gasteiger partial charge in [-0.15, -0.1) is 0 Å². The van der Waals surface area contributed by atoms with Crippen LogP contribution in [-0.2, 0) is 26.2 Å². The molecule has 2 amide bonds. The summed E-state index contributed by atoms with van der Waals surface area (Å²) in [7, 11) is -3.60. The third-order valence-electron chi connectivity index (χ3n) is 6.08. The van der Waals surface area contributed by atoms with Gasteiger partial charge in [0.2, 0.25) is 21.8 Å². The maximum atomic E-state index is 13.6. The average molecular weight is 550 g/mol. The molecule has 0 spiro atoms. The van der Waals surface area contributed by atoms with E-state index < -0.39 is 21.6 Å². The van der Waals surface area contributed by atoms with Crippen LogP contribution in [0.15, 0.2) is 42.5 Å². The van der Waals surface area contributed by atoms with E-state index in [9.17, 15) is 18.0 Å². The number of anilines is 1. The molecule has 0 saturated carbocycles. The first kappa shape index (κ1) is 30.6. The normalized spacial score (nSPS) is 12.6. The third-order valence-corrected chi connectivity index (χ3v) is 7.49. The molecule has 0 bridgehead atoms. The molecular weight excluding hydrogens is 510 g/mol. The second-order valence-corrected chi connectivity index (χ2v) is 12.8. The maximum Gasteiger partial charge on any atom is 0.243 e. The summed E-state index contributed by atoms with van der Waals surface area (Å²) in [5.74, 6) is -0.403. The van der Waals surface area contributed by atoms with E-state index in [0.29, 0.717) is 30.1 Å². The molecule has 9 heteroatoms. The predicted octanol–water partition coefficient (Wildman–Crippen LogP) is 5.23. The van der Waals surface area contributed by atoms with Gasteiger partial charge in [-0.3, -0.25) is 13.9 Å². The molecule has 2 aromatic carbocycles. The number of halogens is 1. The first-order valence-corrected chi connectivity index (χ1v) is 14.8. The van der Waals surface area contributed by atoms with Crippen LogP contribution >= 0.6 is 11.6 Å². The smallest absolute Gasteiger partial charge is 0.243 e. The number of amides is 2. The molecule has 0 aliphatic heterocycles. The quantitative estimate of drug-likeness (QED) is 0.416. The zero-order valence-corrected chi connectivity index (χ0v) is 24.5. The number of carbonyl (C=O) groups is 2. The van der Waals surface area contributed by atoms with Gasteiger partial charge in [0.15, 0.2) is 0 Å². The van der Waals surface area contributed by atoms with Crippen molar-refractivity contribution in [1.29, 1.82) is 0 Å². The van der Waals surface area contributed by atoms with E-state index >= 15 is 0 Å². The second-order valence-electron chi connectivity index (χ2n) is 10.5. The number of hydrogen-bond donors (Lipinski definition) is 1. The lowest BCUT2D eigenvalue weighted by molar-refractivity contribution is -0.142. The lowest BCUT2D eigenvalue weighted by atomic mass is 10.0. The van der Waals surface area contributed by atoms with Crippen molar-refractivity contribution in [3.63, 3.8) is 0 Å². The summed E-state index contributed by atoms with van der Waals surface area (Å²) < 4.78 is 26.5. The van der Waals surface area contributed by atoms with E-state index in [1.54, 1.807) is 23.1 Å². The fourth-order valence-electron chi connectivity index (χ4n) is 4.18. The van der Waals surface area contributed by atoms with Crippen molar-refractivity contribution in [2.75, 3.05) is 17.1 Å². The van der Waals surface area contributed by atoms with Crippen molar-refractivity contribution in [3.8, 4) is 0 Å². The molecule has 1 N–H and O–H groups in total. The number of hydrogen-bond acceptors (Lipinski definition) is 4. The van der Waals surface area contributed by atoms with Crippen LogP contribution in [0.4, 0.5) is 5.69 Å². The predicted molar refractivity (Wildman–Crippen MR) is 151 cm³/mol. The van der Waals surface area contributed by atoms with Crippen LogP contribution in [0.1, 0.15) is 63.6 Å². The molecule has 0 aromatic heterocycles. The minimum atomic E-state index is -3.60. The summed E-state index contributed by atoms with van der Waals surface area (Å²) in [5, 5.41) is 3.44. The van der Waals surface area contributed by atoms with Gasteiger partial charge in [-0.1, -0.05) is 48.9 Å². The highest BCUT2D eigenvalue weighted by molar-refractivity contribution is 7.92. The van der Waals surface area contributed by atoms with Crippen LogP contribution in [0.25, 0.3) is 0 Å². The van der Waals surface area contributed by atoms with Gasteiger partial charge < -0.3 is 10.2 Å². The summed E-state index contributed by atoms with van der Waals surface area (Å²) in [4.78, 5) is 28.4. The molecule has 204 valence electrons. The van der Waals surface area contributed by atoms with Gasteiger partial charge in [-0.25, -0.2) is 8.42 Å². The second kappa shape index (κ2) is 12.8. The Bertz CT molecular complexity index is 1210. The Morgan fingerprint density at radius 2 is 1.70 bits per heavy atom. The molecule has 7 nitrogen and oxygen atoms in total. The van der Waals surface area contributed by atoms with E-state index in [4.69, 9.17) is 11.6 Å². The van der Waals surface area contributed by atoms with Crippen molar-refractivity contribution in [3.05, 3.63) is 64.2 Å². The molecule has 37 heavy (non-hydrogen) atoms. The van der Waals surface area contributed by atoms with E-state index in [-0.39, 0.29) is 24.8 Å². The Balaban J connectivity index is 2.29. The highest BCUT2D eigenvalue weighted by atomic mass is 35.5. The molecule has 2 aromatic rings. The number of sulfonamides is 1. The van der Waals surface area contributed by atoms with Crippen molar-refractivity contribution >= 4 is 39.1 Å². The molecular formula is C28H40ClN3O4S. The van der Waals surface area contributed by atoms with Crippen LogP contribution in [0.5, 0.6) is 0 Å². The van der Waals surface area contributed by atoms with Crippen molar-refractivity contribution in [1.82, 2.24) is 10.2 Å². The summed E-state index contributed by atoms with van der Waals surface area (Å²) in [6.45, 7) is 11.8. The van der Waals surface area contributed by atoms with Gasteiger partial charge >= 0.3 is 0 Å². The molecule has 0 fully saturated rings. The summed E-state index contributed by atoms with van der Waals surface area (Å²) in [6.07, 6.45) is 1.98. The molecule has 2 rings (SSSR count). The van der Waals surface area contributed by atoms with Crippen LogP contribution in [0, 0.1) is 13.8 Å². The number of benzene rings is 2. The number of carbonyl (C=O) groups excluding carboxylic acids is 2. The molecule has 1 unspecified atom stereocenters. The summed E-state index contributed by atoms with van der Waals surface area (Å²) >= 11 is 6.13. The van der Waals surface area contributed by atoms with Crippen molar-refractivity contribution in [2.45, 2.75) is 78.9 Å². The van der Waals surface area contributed by atoms with Gasteiger partial charge in [0.1, 0.15) is 6.04 Å². The minimum Gasteiger partial charge on any atom is -0.350 e. The fourth-order valence-corrected chi connectivity index (χ4v) is 5.36. The standard InChI is InChI=1S/C28H40ClN3O4S/c1-8-24(27(34)30-28(4,5)6)31(19-22-13-10-9-12-20(22)2)26(33)14-11-17-32(37(7,35)36)25-18-23(29)16-15-21(25)3/h9-10,12-13,15-16,18,24H,8,11,14,17,19H2,1-7H3,(H,30,34). The van der Waals surface area contributed by atoms with Crippen LogP contribution in [0.2, 0.25) is 5.02 Å². The van der Waals surface area contributed by atoms with Crippen LogP contribution in [-0.4, -0.2) is 49.5 Å². The Hall–Kier alpha value is -2.58. The maximum absolute atomic E-state index is 13.6. The Labute approximate surface area is 227 Å². The number of rotatable bonds is 11. The SMILES string of the molecule is CCC(C(=O)NC(C)(C)C)N(Cc1ccccc1C)C(=O)CCCN(c1cc(Cl)ccc1C)S(C)(=O)=O. The van der Waals surface area contributed by atoms with E-state index in [1.807, 2.05) is 65.8 Å². The van der Waals surface area contributed by atoms with Gasteiger partial charge in [0.25, 0.3) is 0 Å². The largest absolute Gasteiger partial charge is 0.350 e. The van der Waals surface area contributed by atoms with Gasteiger partial charge in [0, 0.05) is 30.1 Å². The zero-order valence-electron chi connectivity index (χ0n) is 23.0. The molecule has 1 atom stereocenters. The third kappa shape index (κ3) is 9.04. The number of nitrogens with one attached hydrogen (secondary N) is 1. The first-order chi connectivity index (χ1) is 17.1. The van der Waals surface area contributed by atoms with E-state index in [1.165, 1.54) is 4.31 Å². The lowest BCUT2D eigenvalue weighted by Gasteiger charge is -2.33. The lowest BCUT2D eigenvalue weighted by Crippen LogP contribution is -2.53.